The first kappa shape index (κ1) is 12.5. The van der Waals surface area contributed by atoms with Crippen molar-refractivity contribution in [3.8, 4) is 0 Å². The molecular weight excluding hydrogens is 220 g/mol. The molecule has 1 fully saturated rings. The molecule has 1 aromatic rings. The minimum Gasteiger partial charge on any atom is -0.394 e. The van der Waals surface area contributed by atoms with Crippen LogP contribution in [0.15, 0.2) is 12.4 Å². The van der Waals surface area contributed by atoms with Crippen molar-refractivity contribution in [3.63, 3.8) is 0 Å². The molecule has 0 bridgehead atoms. The maximum Gasteiger partial charge on any atom is 0.0933 e. The van der Waals surface area contributed by atoms with E-state index in [1.54, 1.807) is 4.68 Å². The first-order chi connectivity index (χ1) is 8.24. The highest BCUT2D eigenvalue weighted by Crippen LogP contribution is 2.21. The molecule has 6 nitrogen and oxygen atoms in total. The average molecular weight is 240 g/mol. The van der Waals surface area contributed by atoms with E-state index in [1.807, 2.05) is 19.4 Å². The number of aliphatic hydroxyl groups is 1. The largest absolute Gasteiger partial charge is 0.394 e. The van der Waals surface area contributed by atoms with Crippen LogP contribution in [-0.2, 0) is 11.8 Å². The number of aromatic nitrogens is 2. The van der Waals surface area contributed by atoms with Crippen molar-refractivity contribution >= 4 is 0 Å². The molecule has 96 valence electrons. The number of rotatable bonds is 4. The van der Waals surface area contributed by atoms with Crippen LogP contribution in [0.1, 0.15) is 11.6 Å². The van der Waals surface area contributed by atoms with E-state index in [9.17, 15) is 0 Å². The predicted molar refractivity (Wildman–Crippen MR) is 63.4 cm³/mol. The summed E-state index contributed by atoms with van der Waals surface area (Å²) in [5.74, 6) is 0. The lowest BCUT2D eigenvalue weighted by Gasteiger charge is -2.36. The topological polar surface area (TPSA) is 76.5 Å². The summed E-state index contributed by atoms with van der Waals surface area (Å²) in [5.41, 5.74) is 6.97. The summed E-state index contributed by atoms with van der Waals surface area (Å²) in [6.07, 6.45) is 3.73. The van der Waals surface area contributed by atoms with Crippen molar-refractivity contribution in [2.45, 2.75) is 12.1 Å². The first-order valence-corrected chi connectivity index (χ1v) is 5.89. The number of morpholine rings is 1. The fraction of sp³-hybridized carbons (Fsp3) is 0.727. The molecule has 0 aliphatic carbocycles. The van der Waals surface area contributed by atoms with E-state index in [0.717, 1.165) is 12.1 Å². The third-order valence-corrected chi connectivity index (χ3v) is 3.15. The number of ether oxygens (including phenoxy) is 1. The Labute approximate surface area is 101 Å². The maximum absolute atomic E-state index is 9.14. The van der Waals surface area contributed by atoms with E-state index in [1.165, 1.54) is 0 Å². The van der Waals surface area contributed by atoms with Gasteiger partial charge in [0.15, 0.2) is 0 Å². The molecule has 0 saturated carbocycles. The van der Waals surface area contributed by atoms with Gasteiger partial charge in [-0.3, -0.25) is 9.58 Å². The van der Waals surface area contributed by atoms with Gasteiger partial charge in [0.2, 0.25) is 0 Å². The van der Waals surface area contributed by atoms with Gasteiger partial charge in [0.05, 0.1) is 31.6 Å². The zero-order valence-electron chi connectivity index (χ0n) is 10.1. The Kier molecular flexibility index (Phi) is 4.11. The Morgan fingerprint density at radius 2 is 2.53 bits per heavy atom. The van der Waals surface area contributed by atoms with Crippen LogP contribution in [0.3, 0.4) is 0 Å². The molecule has 2 unspecified atom stereocenters. The minimum absolute atomic E-state index is 0.0564. The van der Waals surface area contributed by atoms with Crippen LogP contribution in [0.2, 0.25) is 0 Å². The second-order valence-electron chi connectivity index (χ2n) is 4.37. The molecule has 2 rings (SSSR count). The van der Waals surface area contributed by atoms with Gasteiger partial charge in [-0.25, -0.2) is 0 Å². The first-order valence-electron chi connectivity index (χ1n) is 5.89. The highest BCUT2D eigenvalue weighted by Gasteiger charge is 2.26. The van der Waals surface area contributed by atoms with Gasteiger partial charge in [0.1, 0.15) is 0 Å². The lowest BCUT2D eigenvalue weighted by molar-refractivity contribution is -0.0643. The van der Waals surface area contributed by atoms with Gasteiger partial charge in [-0.2, -0.15) is 5.10 Å². The van der Waals surface area contributed by atoms with Crippen LogP contribution in [-0.4, -0.2) is 58.7 Å². The van der Waals surface area contributed by atoms with Crippen LogP contribution < -0.4 is 5.73 Å². The van der Waals surface area contributed by atoms with Gasteiger partial charge in [-0.15, -0.1) is 0 Å². The molecule has 6 heteroatoms. The van der Waals surface area contributed by atoms with Gasteiger partial charge in [0.25, 0.3) is 0 Å². The Hall–Kier alpha value is -0.950. The smallest absolute Gasteiger partial charge is 0.0933 e. The van der Waals surface area contributed by atoms with Crippen LogP contribution in [0.5, 0.6) is 0 Å². The number of hydrogen-bond donors (Lipinski definition) is 2. The molecule has 0 amide bonds. The van der Waals surface area contributed by atoms with Crippen molar-refractivity contribution < 1.29 is 9.84 Å². The second kappa shape index (κ2) is 5.59. The zero-order valence-corrected chi connectivity index (χ0v) is 10.1. The Bertz CT molecular complexity index is 355. The molecule has 1 aliphatic rings. The zero-order chi connectivity index (χ0) is 12.3. The molecule has 1 aromatic heterocycles. The molecule has 17 heavy (non-hydrogen) atoms. The monoisotopic (exact) mass is 240 g/mol. The number of aryl methyl sites for hydroxylation is 1. The molecule has 0 spiro atoms. The number of hydrogen-bond acceptors (Lipinski definition) is 5. The molecule has 0 aromatic carbocycles. The van der Waals surface area contributed by atoms with Crippen LogP contribution in [0, 0.1) is 0 Å². The summed E-state index contributed by atoms with van der Waals surface area (Å²) in [4.78, 5) is 2.25. The fourth-order valence-electron chi connectivity index (χ4n) is 2.24. The van der Waals surface area contributed by atoms with Gasteiger partial charge < -0.3 is 15.6 Å². The van der Waals surface area contributed by atoms with E-state index in [-0.39, 0.29) is 18.8 Å². The van der Waals surface area contributed by atoms with Crippen molar-refractivity contribution in [3.05, 3.63) is 18.0 Å². The summed E-state index contributed by atoms with van der Waals surface area (Å²) >= 11 is 0. The molecule has 0 radical (unpaired) electrons. The number of nitrogens with zero attached hydrogens (tertiary/aromatic N) is 3. The van der Waals surface area contributed by atoms with Crippen molar-refractivity contribution in [2.75, 3.05) is 32.8 Å². The van der Waals surface area contributed by atoms with Crippen molar-refractivity contribution in [2.24, 2.45) is 12.8 Å². The summed E-state index contributed by atoms with van der Waals surface area (Å²) in [6, 6.07) is 0.154. The van der Waals surface area contributed by atoms with E-state index >= 15 is 0 Å². The van der Waals surface area contributed by atoms with Gasteiger partial charge in [-0.1, -0.05) is 0 Å². The van der Waals surface area contributed by atoms with Crippen LogP contribution >= 0.6 is 0 Å². The highest BCUT2D eigenvalue weighted by atomic mass is 16.5. The molecule has 3 N–H and O–H groups in total. The van der Waals surface area contributed by atoms with E-state index in [0.29, 0.717) is 19.7 Å². The fourth-order valence-corrected chi connectivity index (χ4v) is 2.24. The van der Waals surface area contributed by atoms with Gasteiger partial charge in [-0.05, 0) is 0 Å². The summed E-state index contributed by atoms with van der Waals surface area (Å²) in [7, 11) is 1.90. The quantitative estimate of drug-likeness (QED) is 0.714. The lowest BCUT2D eigenvalue weighted by atomic mass is 10.1. The standard InChI is InChI=1S/C11H20N4O2/c1-14-6-9(5-13-14)11(4-12)15-2-3-17-10(7-15)8-16/h5-6,10-11,16H,2-4,7-8,12H2,1H3. The Morgan fingerprint density at radius 3 is 3.12 bits per heavy atom. The molecular formula is C11H20N4O2. The van der Waals surface area contributed by atoms with Crippen molar-refractivity contribution in [1.29, 1.82) is 0 Å². The normalized spacial score (nSPS) is 23.8. The average Bonchev–Trinajstić information content (AvgIpc) is 2.77. The van der Waals surface area contributed by atoms with E-state index in [2.05, 4.69) is 10.00 Å². The van der Waals surface area contributed by atoms with Crippen LogP contribution in [0.25, 0.3) is 0 Å². The maximum atomic E-state index is 9.14. The number of nitrogens with two attached hydrogens (primary N) is 1. The molecule has 1 saturated heterocycles. The van der Waals surface area contributed by atoms with Crippen LogP contribution in [0.4, 0.5) is 0 Å². The Morgan fingerprint density at radius 1 is 1.71 bits per heavy atom. The number of aliphatic hydroxyl groups excluding tert-OH is 1. The highest BCUT2D eigenvalue weighted by molar-refractivity contribution is 5.11. The van der Waals surface area contributed by atoms with E-state index in [4.69, 9.17) is 15.6 Å². The minimum atomic E-state index is -0.102. The molecule has 2 heterocycles. The summed E-state index contributed by atoms with van der Waals surface area (Å²) in [5, 5.41) is 13.3. The molecule has 1 aliphatic heterocycles. The third kappa shape index (κ3) is 2.84. The Balaban J connectivity index is 2.07. The summed E-state index contributed by atoms with van der Waals surface area (Å²) < 4.78 is 7.22. The third-order valence-electron chi connectivity index (χ3n) is 3.15. The SMILES string of the molecule is Cn1cc(C(CN)N2CCOC(CO)C2)cn1. The van der Waals surface area contributed by atoms with E-state index < -0.39 is 0 Å². The lowest BCUT2D eigenvalue weighted by Crippen LogP contribution is -2.47. The second-order valence-corrected chi connectivity index (χ2v) is 4.37. The van der Waals surface area contributed by atoms with Crippen molar-refractivity contribution in [1.82, 2.24) is 14.7 Å². The van der Waals surface area contributed by atoms with Gasteiger partial charge >= 0.3 is 0 Å². The molecule has 2 atom stereocenters. The van der Waals surface area contributed by atoms with Gasteiger partial charge in [0, 0.05) is 38.4 Å². The summed E-state index contributed by atoms with van der Waals surface area (Å²) in [6.45, 7) is 2.80. The predicted octanol–water partition coefficient (Wildman–Crippen LogP) is -0.887.